The molecule has 0 unspecified atom stereocenters. The zero-order chi connectivity index (χ0) is 15.7. The van der Waals surface area contributed by atoms with Crippen molar-refractivity contribution >= 4 is 20.0 Å². The highest BCUT2D eigenvalue weighted by Gasteiger charge is 2.27. The summed E-state index contributed by atoms with van der Waals surface area (Å²) in [6.45, 7) is 4.50. The molecule has 8 heteroatoms. The van der Waals surface area contributed by atoms with Gasteiger partial charge in [-0.3, -0.25) is 0 Å². The highest BCUT2D eigenvalue weighted by molar-refractivity contribution is 7.89. The van der Waals surface area contributed by atoms with E-state index in [2.05, 4.69) is 4.72 Å². The van der Waals surface area contributed by atoms with E-state index in [-0.39, 0.29) is 15.8 Å². The fourth-order valence-corrected chi connectivity index (χ4v) is 5.01. The van der Waals surface area contributed by atoms with Crippen molar-refractivity contribution in [2.45, 2.75) is 42.5 Å². The van der Waals surface area contributed by atoms with Gasteiger partial charge in [0.15, 0.2) is 0 Å². The molecule has 1 aliphatic rings. The van der Waals surface area contributed by atoms with Crippen LogP contribution >= 0.6 is 0 Å². The van der Waals surface area contributed by atoms with E-state index in [9.17, 15) is 16.8 Å². The molecule has 1 aliphatic heterocycles. The average molecular weight is 332 g/mol. The molecule has 0 aliphatic carbocycles. The molecule has 1 saturated heterocycles. The number of sulfonamides is 2. The molecule has 0 amide bonds. The van der Waals surface area contributed by atoms with E-state index in [1.54, 1.807) is 13.8 Å². The highest BCUT2D eigenvalue weighted by atomic mass is 32.2. The van der Waals surface area contributed by atoms with E-state index in [4.69, 9.17) is 0 Å². The van der Waals surface area contributed by atoms with E-state index in [1.165, 1.54) is 28.6 Å². The number of rotatable bonds is 5. The average Bonchev–Trinajstić information content (AvgIpc) is 2.92. The Bertz CT molecular complexity index is 688. The second kappa shape index (κ2) is 6.04. The predicted octanol–water partition coefficient (Wildman–Crippen LogP) is 1.16. The molecule has 0 bridgehead atoms. The molecular formula is C13H20N2O4S2. The summed E-state index contributed by atoms with van der Waals surface area (Å²) in [6.07, 6.45) is 1.73. The van der Waals surface area contributed by atoms with Gasteiger partial charge in [0, 0.05) is 19.1 Å². The van der Waals surface area contributed by atoms with Gasteiger partial charge in [-0.2, -0.15) is 4.31 Å². The van der Waals surface area contributed by atoms with Gasteiger partial charge in [-0.05, 0) is 51.0 Å². The Labute approximate surface area is 126 Å². The summed E-state index contributed by atoms with van der Waals surface area (Å²) < 4.78 is 52.5. The summed E-state index contributed by atoms with van der Waals surface area (Å²) in [4.78, 5) is 0.199. The Morgan fingerprint density at radius 2 is 1.43 bits per heavy atom. The van der Waals surface area contributed by atoms with Crippen molar-refractivity contribution in [1.29, 1.82) is 0 Å². The standard InChI is InChI=1S/C13H20N2O4S2/c1-11(2)14-20(16,17)12-5-7-13(8-6-12)21(18,19)15-9-3-4-10-15/h5-8,11,14H,3-4,9-10H2,1-2H3. The summed E-state index contributed by atoms with van der Waals surface area (Å²) in [6, 6.07) is 5.13. The largest absolute Gasteiger partial charge is 0.243 e. The first-order valence-corrected chi connectivity index (χ1v) is 9.78. The maximum Gasteiger partial charge on any atom is 0.243 e. The van der Waals surface area contributed by atoms with Gasteiger partial charge in [0.25, 0.3) is 0 Å². The van der Waals surface area contributed by atoms with Crippen molar-refractivity contribution in [2.75, 3.05) is 13.1 Å². The summed E-state index contributed by atoms with van der Waals surface area (Å²) in [5.41, 5.74) is 0. The molecule has 21 heavy (non-hydrogen) atoms. The maximum absolute atomic E-state index is 12.3. The number of nitrogens with one attached hydrogen (secondary N) is 1. The molecule has 0 atom stereocenters. The van der Waals surface area contributed by atoms with E-state index in [0.29, 0.717) is 13.1 Å². The van der Waals surface area contributed by atoms with Crippen molar-refractivity contribution in [3.8, 4) is 0 Å². The molecular weight excluding hydrogens is 312 g/mol. The monoisotopic (exact) mass is 332 g/mol. The molecule has 1 N–H and O–H groups in total. The minimum Gasteiger partial charge on any atom is -0.209 e. The van der Waals surface area contributed by atoms with Gasteiger partial charge in [0.2, 0.25) is 20.0 Å². The zero-order valence-electron chi connectivity index (χ0n) is 12.1. The van der Waals surface area contributed by atoms with E-state index in [1.807, 2.05) is 0 Å². The number of benzene rings is 1. The first kappa shape index (κ1) is 16.4. The second-order valence-electron chi connectivity index (χ2n) is 5.36. The van der Waals surface area contributed by atoms with Crippen molar-refractivity contribution in [3.63, 3.8) is 0 Å². The molecule has 0 aromatic heterocycles. The minimum atomic E-state index is -3.60. The van der Waals surface area contributed by atoms with Crippen molar-refractivity contribution in [2.24, 2.45) is 0 Å². The number of hydrogen-bond acceptors (Lipinski definition) is 4. The topological polar surface area (TPSA) is 83.5 Å². The molecule has 2 rings (SSSR count). The van der Waals surface area contributed by atoms with Gasteiger partial charge >= 0.3 is 0 Å². The highest BCUT2D eigenvalue weighted by Crippen LogP contribution is 2.22. The molecule has 0 saturated carbocycles. The molecule has 1 heterocycles. The first-order chi connectivity index (χ1) is 9.73. The summed E-state index contributed by atoms with van der Waals surface area (Å²) in [7, 11) is -7.11. The Balaban J connectivity index is 2.27. The smallest absolute Gasteiger partial charge is 0.209 e. The van der Waals surface area contributed by atoms with Crippen molar-refractivity contribution < 1.29 is 16.8 Å². The third-order valence-corrected chi connectivity index (χ3v) is 6.82. The third kappa shape index (κ3) is 3.63. The lowest BCUT2D eigenvalue weighted by molar-refractivity contribution is 0.477. The minimum absolute atomic E-state index is 0.0663. The summed E-state index contributed by atoms with van der Waals surface area (Å²) in [5.74, 6) is 0. The fourth-order valence-electron chi connectivity index (χ4n) is 2.25. The lowest BCUT2D eigenvalue weighted by Crippen LogP contribution is -2.30. The molecule has 0 radical (unpaired) electrons. The lowest BCUT2D eigenvalue weighted by atomic mass is 10.4. The molecule has 6 nitrogen and oxygen atoms in total. The Kier molecular flexibility index (Phi) is 4.72. The van der Waals surface area contributed by atoms with Crippen molar-refractivity contribution in [1.82, 2.24) is 9.03 Å². The quantitative estimate of drug-likeness (QED) is 0.877. The second-order valence-corrected chi connectivity index (χ2v) is 9.01. The predicted molar refractivity (Wildman–Crippen MR) is 79.9 cm³/mol. The van der Waals surface area contributed by atoms with Crippen molar-refractivity contribution in [3.05, 3.63) is 24.3 Å². The number of hydrogen-bond donors (Lipinski definition) is 1. The van der Waals surface area contributed by atoms with Crippen LogP contribution in [0, 0.1) is 0 Å². The normalized spacial score (nSPS) is 17.5. The van der Waals surface area contributed by atoms with Crippen LogP contribution in [0.15, 0.2) is 34.1 Å². The van der Waals surface area contributed by atoms with Gasteiger partial charge in [-0.1, -0.05) is 0 Å². The SMILES string of the molecule is CC(C)NS(=O)(=O)c1ccc(S(=O)(=O)N2CCCC2)cc1. The molecule has 0 spiro atoms. The fraction of sp³-hybridized carbons (Fsp3) is 0.538. The van der Waals surface area contributed by atoms with Gasteiger partial charge in [-0.15, -0.1) is 0 Å². The van der Waals surface area contributed by atoms with Crippen LogP contribution in [0.25, 0.3) is 0 Å². The first-order valence-electron chi connectivity index (χ1n) is 6.86. The summed E-state index contributed by atoms with van der Waals surface area (Å²) >= 11 is 0. The zero-order valence-corrected chi connectivity index (χ0v) is 13.7. The van der Waals surface area contributed by atoms with Crippen LogP contribution in [0.4, 0.5) is 0 Å². The Hall–Kier alpha value is -0.960. The van der Waals surface area contributed by atoms with Gasteiger partial charge in [-0.25, -0.2) is 21.6 Å². The van der Waals surface area contributed by atoms with Crippen LogP contribution < -0.4 is 4.72 Å². The van der Waals surface area contributed by atoms with Crippen LogP contribution in [0.5, 0.6) is 0 Å². The van der Waals surface area contributed by atoms with E-state index < -0.39 is 20.0 Å². The maximum atomic E-state index is 12.3. The Morgan fingerprint density at radius 3 is 1.90 bits per heavy atom. The molecule has 1 aromatic rings. The third-order valence-electron chi connectivity index (χ3n) is 3.23. The Morgan fingerprint density at radius 1 is 0.952 bits per heavy atom. The molecule has 118 valence electrons. The summed E-state index contributed by atoms with van der Waals surface area (Å²) in [5, 5.41) is 0. The molecule has 1 aromatic carbocycles. The van der Waals surface area contributed by atoms with Crippen LogP contribution in [0.2, 0.25) is 0 Å². The van der Waals surface area contributed by atoms with E-state index >= 15 is 0 Å². The van der Waals surface area contributed by atoms with Crippen LogP contribution in [-0.4, -0.2) is 40.3 Å². The number of nitrogens with zero attached hydrogens (tertiary/aromatic N) is 1. The van der Waals surface area contributed by atoms with Crippen LogP contribution in [0.3, 0.4) is 0 Å². The van der Waals surface area contributed by atoms with Gasteiger partial charge < -0.3 is 0 Å². The van der Waals surface area contributed by atoms with Crippen LogP contribution in [0.1, 0.15) is 26.7 Å². The van der Waals surface area contributed by atoms with Gasteiger partial charge in [0.1, 0.15) is 0 Å². The van der Waals surface area contributed by atoms with E-state index in [0.717, 1.165) is 12.8 Å². The van der Waals surface area contributed by atoms with Crippen LogP contribution in [-0.2, 0) is 20.0 Å². The molecule has 1 fully saturated rings. The lowest BCUT2D eigenvalue weighted by Gasteiger charge is -2.16. The van der Waals surface area contributed by atoms with Gasteiger partial charge in [0.05, 0.1) is 9.79 Å².